The molecule has 0 radical (unpaired) electrons. The van der Waals surface area contributed by atoms with Crippen LogP contribution in [0.4, 0.5) is 11.5 Å². The van der Waals surface area contributed by atoms with Crippen molar-refractivity contribution in [1.29, 1.82) is 0 Å². The van der Waals surface area contributed by atoms with Crippen molar-refractivity contribution in [3.8, 4) is 11.4 Å². The Morgan fingerprint density at radius 1 is 0.900 bits per heavy atom. The first-order valence-electron chi connectivity index (χ1n) is 9.45. The lowest BCUT2D eigenvalue weighted by Crippen LogP contribution is -2.22. The molecule has 30 heavy (non-hydrogen) atoms. The molecule has 0 saturated heterocycles. The lowest BCUT2D eigenvalue weighted by atomic mass is 10.1. The Balaban J connectivity index is 1.44. The van der Waals surface area contributed by atoms with Gasteiger partial charge in [0, 0.05) is 34.0 Å². The molecule has 6 heteroatoms. The lowest BCUT2D eigenvalue weighted by molar-refractivity contribution is 0.0951. The molecule has 0 fully saturated rings. The number of hydrogen-bond acceptors (Lipinski definition) is 4. The molecule has 0 aliphatic heterocycles. The van der Waals surface area contributed by atoms with E-state index in [9.17, 15) is 4.79 Å². The van der Waals surface area contributed by atoms with Gasteiger partial charge in [-0.2, -0.15) is 0 Å². The maximum absolute atomic E-state index is 12.6. The van der Waals surface area contributed by atoms with Gasteiger partial charge in [-0.15, -0.1) is 0 Å². The van der Waals surface area contributed by atoms with E-state index in [1.807, 2.05) is 66.7 Å². The molecule has 1 aromatic heterocycles. The summed E-state index contributed by atoms with van der Waals surface area (Å²) in [5.41, 5.74) is 3.34. The van der Waals surface area contributed by atoms with Gasteiger partial charge in [0.05, 0.1) is 0 Å². The number of benzene rings is 3. The van der Waals surface area contributed by atoms with Gasteiger partial charge >= 0.3 is 0 Å². The Kier molecular flexibility index (Phi) is 6.15. The van der Waals surface area contributed by atoms with Crippen molar-refractivity contribution in [3.05, 3.63) is 107 Å². The van der Waals surface area contributed by atoms with Crippen molar-refractivity contribution in [1.82, 2.24) is 15.3 Å². The van der Waals surface area contributed by atoms with Crippen LogP contribution in [0.25, 0.3) is 11.4 Å². The number of rotatable bonds is 6. The molecule has 148 valence electrons. The third-order valence-corrected chi connectivity index (χ3v) is 4.98. The zero-order chi connectivity index (χ0) is 20.8. The van der Waals surface area contributed by atoms with Gasteiger partial charge in [-0.25, -0.2) is 9.97 Å². The molecular formula is C24H19BrN4O. The van der Waals surface area contributed by atoms with Crippen LogP contribution >= 0.6 is 15.9 Å². The minimum Gasteiger partial charge on any atom is -0.348 e. The number of anilines is 2. The highest BCUT2D eigenvalue weighted by Gasteiger charge is 2.08. The SMILES string of the molecule is O=C(NCc1ccc(Br)cc1)c1cccc(Nc2ccnc(-c3ccccc3)n2)c1. The number of nitrogens with zero attached hydrogens (tertiary/aromatic N) is 2. The molecule has 0 spiro atoms. The summed E-state index contributed by atoms with van der Waals surface area (Å²) in [6, 6.07) is 26.8. The molecule has 0 bridgehead atoms. The number of hydrogen-bond donors (Lipinski definition) is 2. The molecule has 0 aliphatic carbocycles. The third-order valence-electron chi connectivity index (χ3n) is 4.45. The fourth-order valence-electron chi connectivity index (χ4n) is 2.93. The third kappa shape index (κ3) is 5.10. The molecule has 3 aromatic carbocycles. The standard InChI is InChI=1S/C24H19BrN4O/c25-20-11-9-17(10-12-20)16-27-24(30)19-7-4-8-21(15-19)28-22-13-14-26-23(29-22)18-5-2-1-3-6-18/h1-15H,16H2,(H,27,30)(H,26,28,29). The summed E-state index contributed by atoms with van der Waals surface area (Å²) >= 11 is 3.41. The zero-order valence-corrected chi connectivity index (χ0v) is 17.6. The summed E-state index contributed by atoms with van der Waals surface area (Å²) < 4.78 is 1.01. The summed E-state index contributed by atoms with van der Waals surface area (Å²) in [6.45, 7) is 0.468. The van der Waals surface area contributed by atoms with E-state index in [1.54, 1.807) is 24.4 Å². The van der Waals surface area contributed by atoms with E-state index < -0.39 is 0 Å². The second kappa shape index (κ2) is 9.33. The van der Waals surface area contributed by atoms with E-state index in [2.05, 4.69) is 36.5 Å². The van der Waals surface area contributed by atoms with Crippen molar-refractivity contribution in [2.45, 2.75) is 6.54 Å². The molecule has 5 nitrogen and oxygen atoms in total. The summed E-state index contributed by atoms with van der Waals surface area (Å²) in [5, 5.41) is 6.20. The number of halogens is 1. The Bertz CT molecular complexity index is 1150. The van der Waals surface area contributed by atoms with Crippen LogP contribution in [0.1, 0.15) is 15.9 Å². The van der Waals surface area contributed by atoms with E-state index in [1.165, 1.54) is 0 Å². The van der Waals surface area contributed by atoms with Crippen LogP contribution in [-0.2, 0) is 6.54 Å². The number of aromatic nitrogens is 2. The number of amides is 1. The largest absolute Gasteiger partial charge is 0.348 e. The minimum atomic E-state index is -0.130. The Morgan fingerprint density at radius 3 is 2.50 bits per heavy atom. The zero-order valence-electron chi connectivity index (χ0n) is 16.0. The fraction of sp³-hybridized carbons (Fsp3) is 0.0417. The number of carbonyl (C=O) groups excluding carboxylic acids is 1. The van der Waals surface area contributed by atoms with E-state index >= 15 is 0 Å². The van der Waals surface area contributed by atoms with E-state index in [0.29, 0.717) is 23.8 Å². The van der Waals surface area contributed by atoms with Crippen LogP contribution in [0.3, 0.4) is 0 Å². The van der Waals surface area contributed by atoms with Gasteiger partial charge in [-0.3, -0.25) is 4.79 Å². The number of nitrogens with one attached hydrogen (secondary N) is 2. The highest BCUT2D eigenvalue weighted by atomic mass is 79.9. The molecule has 2 N–H and O–H groups in total. The molecule has 1 heterocycles. The van der Waals surface area contributed by atoms with E-state index in [4.69, 9.17) is 0 Å². The first-order valence-corrected chi connectivity index (χ1v) is 10.2. The Labute approximate surface area is 183 Å². The van der Waals surface area contributed by atoms with Crippen molar-refractivity contribution in [2.75, 3.05) is 5.32 Å². The smallest absolute Gasteiger partial charge is 0.251 e. The van der Waals surface area contributed by atoms with Crippen LogP contribution in [-0.4, -0.2) is 15.9 Å². The van der Waals surface area contributed by atoms with Gasteiger partial charge in [-0.1, -0.05) is 64.5 Å². The van der Waals surface area contributed by atoms with Gasteiger partial charge in [-0.05, 0) is 42.0 Å². The first kappa shape index (κ1) is 19.8. The average molecular weight is 459 g/mol. The van der Waals surface area contributed by atoms with E-state index in [0.717, 1.165) is 21.3 Å². The normalized spacial score (nSPS) is 10.4. The van der Waals surface area contributed by atoms with Gasteiger partial charge < -0.3 is 10.6 Å². The van der Waals surface area contributed by atoms with E-state index in [-0.39, 0.29) is 5.91 Å². The van der Waals surface area contributed by atoms with Crippen molar-refractivity contribution < 1.29 is 4.79 Å². The van der Waals surface area contributed by atoms with Crippen LogP contribution in [0.2, 0.25) is 0 Å². The Hall–Kier alpha value is -3.51. The van der Waals surface area contributed by atoms with Gasteiger partial charge in [0.1, 0.15) is 5.82 Å². The second-order valence-electron chi connectivity index (χ2n) is 6.65. The predicted octanol–water partition coefficient (Wildman–Crippen LogP) is 5.58. The van der Waals surface area contributed by atoms with Crippen molar-refractivity contribution in [2.24, 2.45) is 0 Å². The molecule has 4 rings (SSSR count). The van der Waals surface area contributed by atoms with Gasteiger partial charge in [0.25, 0.3) is 5.91 Å². The molecule has 1 amide bonds. The predicted molar refractivity (Wildman–Crippen MR) is 123 cm³/mol. The monoisotopic (exact) mass is 458 g/mol. The summed E-state index contributed by atoms with van der Waals surface area (Å²) in [7, 11) is 0. The minimum absolute atomic E-state index is 0.130. The molecular weight excluding hydrogens is 440 g/mol. The summed E-state index contributed by atoms with van der Waals surface area (Å²) in [6.07, 6.45) is 1.71. The maximum atomic E-state index is 12.6. The first-order chi connectivity index (χ1) is 14.7. The number of carbonyl (C=O) groups is 1. The fourth-order valence-corrected chi connectivity index (χ4v) is 3.19. The van der Waals surface area contributed by atoms with Crippen molar-refractivity contribution in [3.63, 3.8) is 0 Å². The van der Waals surface area contributed by atoms with Crippen LogP contribution in [0.5, 0.6) is 0 Å². The molecule has 0 saturated carbocycles. The summed E-state index contributed by atoms with van der Waals surface area (Å²) in [5.74, 6) is 1.18. The highest BCUT2D eigenvalue weighted by molar-refractivity contribution is 9.10. The highest BCUT2D eigenvalue weighted by Crippen LogP contribution is 2.20. The van der Waals surface area contributed by atoms with Gasteiger partial charge in [0.2, 0.25) is 0 Å². The molecule has 0 atom stereocenters. The lowest BCUT2D eigenvalue weighted by Gasteiger charge is -2.10. The van der Waals surface area contributed by atoms with Crippen LogP contribution in [0, 0.1) is 0 Å². The van der Waals surface area contributed by atoms with Crippen LogP contribution in [0.15, 0.2) is 95.6 Å². The summed E-state index contributed by atoms with van der Waals surface area (Å²) in [4.78, 5) is 21.5. The quantitative estimate of drug-likeness (QED) is 0.395. The maximum Gasteiger partial charge on any atom is 0.251 e. The second-order valence-corrected chi connectivity index (χ2v) is 7.56. The Morgan fingerprint density at radius 2 is 1.70 bits per heavy atom. The topological polar surface area (TPSA) is 66.9 Å². The molecule has 0 aliphatic rings. The van der Waals surface area contributed by atoms with Crippen LogP contribution < -0.4 is 10.6 Å². The average Bonchev–Trinajstić information content (AvgIpc) is 2.79. The molecule has 4 aromatic rings. The molecule has 0 unspecified atom stereocenters. The van der Waals surface area contributed by atoms with Gasteiger partial charge in [0.15, 0.2) is 5.82 Å². The van der Waals surface area contributed by atoms with Crippen molar-refractivity contribution >= 4 is 33.3 Å².